The van der Waals surface area contributed by atoms with Crippen molar-refractivity contribution in [2.24, 2.45) is 0 Å². The van der Waals surface area contributed by atoms with E-state index in [0.717, 1.165) is 17.7 Å². The zero-order valence-corrected chi connectivity index (χ0v) is 13.8. The van der Waals surface area contributed by atoms with E-state index in [1.54, 1.807) is 47.3 Å². The highest BCUT2D eigenvalue weighted by Gasteiger charge is 2.09. The van der Waals surface area contributed by atoms with Gasteiger partial charge < -0.3 is 0 Å². The number of rotatable bonds is 4. The third-order valence-corrected chi connectivity index (χ3v) is 3.81. The van der Waals surface area contributed by atoms with Gasteiger partial charge >= 0.3 is 0 Å². The second kappa shape index (κ2) is 7.44. The highest BCUT2D eigenvalue weighted by atomic mass is 16.2. The van der Waals surface area contributed by atoms with E-state index < -0.39 is 0 Å². The van der Waals surface area contributed by atoms with E-state index in [1.807, 2.05) is 31.3 Å². The SMILES string of the molecule is CCc1ccc(C(=O)NNC(=O)c2ccc(-n3cccn3)cc2)cc1. The molecule has 126 valence electrons. The molecule has 0 fully saturated rings. The Bertz CT molecular complexity index is 853. The van der Waals surface area contributed by atoms with Crippen LogP contribution in [-0.2, 0) is 6.42 Å². The van der Waals surface area contributed by atoms with Crippen molar-refractivity contribution in [3.63, 3.8) is 0 Å². The lowest BCUT2D eigenvalue weighted by atomic mass is 10.1. The summed E-state index contributed by atoms with van der Waals surface area (Å²) < 4.78 is 1.70. The average Bonchev–Trinajstić information content (AvgIpc) is 3.21. The lowest BCUT2D eigenvalue weighted by Gasteiger charge is -2.08. The number of hydrogen-bond donors (Lipinski definition) is 2. The van der Waals surface area contributed by atoms with E-state index in [0.29, 0.717) is 11.1 Å². The quantitative estimate of drug-likeness (QED) is 0.720. The number of aryl methyl sites for hydroxylation is 1. The van der Waals surface area contributed by atoms with Gasteiger partial charge in [0.1, 0.15) is 0 Å². The van der Waals surface area contributed by atoms with Gasteiger partial charge in [-0.3, -0.25) is 20.4 Å². The van der Waals surface area contributed by atoms with Gasteiger partial charge in [0, 0.05) is 23.5 Å². The van der Waals surface area contributed by atoms with E-state index in [4.69, 9.17) is 0 Å². The molecule has 0 atom stereocenters. The zero-order valence-electron chi connectivity index (χ0n) is 13.8. The largest absolute Gasteiger partial charge is 0.269 e. The fraction of sp³-hybridized carbons (Fsp3) is 0.105. The van der Waals surface area contributed by atoms with Crippen LogP contribution in [0.2, 0.25) is 0 Å². The number of aromatic nitrogens is 2. The second-order valence-corrected chi connectivity index (χ2v) is 5.46. The Morgan fingerprint density at radius 3 is 1.96 bits per heavy atom. The van der Waals surface area contributed by atoms with Crippen molar-refractivity contribution >= 4 is 11.8 Å². The van der Waals surface area contributed by atoms with Crippen LogP contribution in [0.3, 0.4) is 0 Å². The van der Waals surface area contributed by atoms with Gasteiger partial charge in [-0.15, -0.1) is 0 Å². The summed E-state index contributed by atoms with van der Waals surface area (Å²) >= 11 is 0. The zero-order chi connectivity index (χ0) is 17.6. The Morgan fingerprint density at radius 2 is 1.48 bits per heavy atom. The lowest BCUT2D eigenvalue weighted by Crippen LogP contribution is -2.41. The number of amides is 2. The first-order valence-corrected chi connectivity index (χ1v) is 7.97. The maximum absolute atomic E-state index is 12.1. The van der Waals surface area contributed by atoms with Crippen LogP contribution in [0.1, 0.15) is 33.2 Å². The summed E-state index contributed by atoms with van der Waals surface area (Å²) in [6.45, 7) is 2.05. The second-order valence-electron chi connectivity index (χ2n) is 5.46. The number of hydrazine groups is 1. The number of nitrogens with one attached hydrogen (secondary N) is 2. The summed E-state index contributed by atoms with van der Waals surface area (Å²) in [6, 6.07) is 16.0. The van der Waals surface area contributed by atoms with Crippen LogP contribution in [0.5, 0.6) is 0 Å². The average molecular weight is 334 g/mol. The molecule has 0 saturated heterocycles. The van der Waals surface area contributed by atoms with Crippen LogP contribution < -0.4 is 10.9 Å². The number of hydrogen-bond acceptors (Lipinski definition) is 3. The van der Waals surface area contributed by atoms with Crippen LogP contribution in [0.4, 0.5) is 0 Å². The van der Waals surface area contributed by atoms with Crippen molar-refractivity contribution in [3.05, 3.63) is 83.7 Å². The standard InChI is InChI=1S/C19H18N4O2/c1-2-14-4-6-15(7-5-14)18(24)21-22-19(25)16-8-10-17(11-9-16)23-13-3-12-20-23/h3-13H,2H2,1H3,(H,21,24)(H,22,25). The number of benzene rings is 2. The van der Waals surface area contributed by atoms with Gasteiger partial charge in [0.2, 0.25) is 0 Å². The molecule has 0 unspecified atom stereocenters. The van der Waals surface area contributed by atoms with Crippen LogP contribution in [0.25, 0.3) is 5.69 Å². The van der Waals surface area contributed by atoms with Crippen molar-refractivity contribution in [2.75, 3.05) is 0 Å². The summed E-state index contributed by atoms with van der Waals surface area (Å²) in [5.74, 6) is -0.741. The van der Waals surface area contributed by atoms with E-state index in [1.165, 1.54) is 0 Å². The molecule has 0 radical (unpaired) electrons. The van der Waals surface area contributed by atoms with Crippen molar-refractivity contribution < 1.29 is 9.59 Å². The van der Waals surface area contributed by atoms with Gasteiger partial charge in [0.25, 0.3) is 11.8 Å². The molecule has 0 spiro atoms. The van der Waals surface area contributed by atoms with Gasteiger partial charge in [-0.1, -0.05) is 19.1 Å². The molecule has 0 saturated carbocycles. The molecule has 6 nitrogen and oxygen atoms in total. The Hall–Kier alpha value is -3.41. The van der Waals surface area contributed by atoms with Crippen LogP contribution in [-0.4, -0.2) is 21.6 Å². The summed E-state index contributed by atoms with van der Waals surface area (Å²) in [4.78, 5) is 24.2. The predicted octanol–water partition coefficient (Wildman–Crippen LogP) is 2.51. The predicted molar refractivity (Wildman–Crippen MR) is 94.3 cm³/mol. The summed E-state index contributed by atoms with van der Waals surface area (Å²) in [7, 11) is 0. The molecule has 1 aromatic heterocycles. The first kappa shape index (κ1) is 16.4. The fourth-order valence-corrected chi connectivity index (χ4v) is 2.34. The summed E-state index contributed by atoms with van der Waals surface area (Å²) in [6.07, 6.45) is 4.41. The smallest absolute Gasteiger partial charge is 0.267 e. The molecule has 0 bridgehead atoms. The van der Waals surface area contributed by atoms with E-state index in [-0.39, 0.29) is 11.8 Å². The Balaban J connectivity index is 1.59. The Morgan fingerprint density at radius 1 is 0.920 bits per heavy atom. The number of nitrogens with zero attached hydrogens (tertiary/aromatic N) is 2. The van der Waals surface area contributed by atoms with Gasteiger partial charge in [0.05, 0.1) is 5.69 Å². The maximum atomic E-state index is 12.1. The molecular formula is C19H18N4O2. The molecule has 3 aromatic rings. The highest BCUT2D eigenvalue weighted by Crippen LogP contribution is 2.08. The normalized spacial score (nSPS) is 10.3. The monoisotopic (exact) mass is 334 g/mol. The molecule has 0 aliphatic rings. The van der Waals surface area contributed by atoms with Gasteiger partial charge in [0.15, 0.2) is 0 Å². The fourth-order valence-electron chi connectivity index (χ4n) is 2.34. The van der Waals surface area contributed by atoms with Crippen LogP contribution in [0.15, 0.2) is 67.0 Å². The molecule has 2 amide bonds. The summed E-state index contributed by atoms with van der Waals surface area (Å²) in [5, 5.41) is 4.13. The van der Waals surface area contributed by atoms with Crippen molar-refractivity contribution in [1.82, 2.24) is 20.6 Å². The first-order chi connectivity index (χ1) is 12.2. The van der Waals surface area contributed by atoms with Gasteiger partial charge in [-0.05, 0) is 54.4 Å². The van der Waals surface area contributed by atoms with Crippen molar-refractivity contribution in [3.8, 4) is 5.69 Å². The van der Waals surface area contributed by atoms with E-state index in [9.17, 15) is 9.59 Å². The molecular weight excluding hydrogens is 316 g/mol. The minimum absolute atomic E-state index is 0.357. The van der Waals surface area contributed by atoms with E-state index in [2.05, 4.69) is 16.0 Å². The lowest BCUT2D eigenvalue weighted by molar-refractivity contribution is 0.0846. The van der Waals surface area contributed by atoms with Crippen LogP contribution >= 0.6 is 0 Å². The molecule has 2 aromatic carbocycles. The molecule has 6 heteroatoms. The van der Waals surface area contributed by atoms with Crippen molar-refractivity contribution in [2.45, 2.75) is 13.3 Å². The molecule has 2 N–H and O–H groups in total. The molecule has 0 aliphatic carbocycles. The number of carbonyl (C=O) groups excluding carboxylic acids is 2. The molecule has 25 heavy (non-hydrogen) atoms. The van der Waals surface area contributed by atoms with Gasteiger partial charge in [-0.25, -0.2) is 4.68 Å². The Kier molecular flexibility index (Phi) is 4.89. The van der Waals surface area contributed by atoms with Crippen molar-refractivity contribution in [1.29, 1.82) is 0 Å². The minimum atomic E-state index is -0.384. The molecule has 3 rings (SSSR count). The Labute approximate surface area is 145 Å². The topological polar surface area (TPSA) is 76.0 Å². The molecule has 1 heterocycles. The first-order valence-electron chi connectivity index (χ1n) is 7.97. The van der Waals surface area contributed by atoms with Gasteiger partial charge in [-0.2, -0.15) is 5.10 Å². The maximum Gasteiger partial charge on any atom is 0.269 e. The summed E-state index contributed by atoms with van der Waals surface area (Å²) in [5.41, 5.74) is 7.77. The number of carbonyl (C=O) groups is 2. The van der Waals surface area contributed by atoms with E-state index >= 15 is 0 Å². The third kappa shape index (κ3) is 3.92. The van der Waals surface area contributed by atoms with Crippen LogP contribution in [0, 0.1) is 0 Å². The highest BCUT2D eigenvalue weighted by molar-refractivity contribution is 5.99. The minimum Gasteiger partial charge on any atom is -0.267 e. The molecule has 0 aliphatic heterocycles. The third-order valence-electron chi connectivity index (χ3n) is 3.81.